The Kier molecular flexibility index (Phi) is 4.35. The van der Waals surface area contributed by atoms with Crippen molar-refractivity contribution in [1.82, 2.24) is 0 Å². The molecule has 3 nitrogen and oxygen atoms in total. The number of carbonyl (C=O) groups is 1. The molecule has 96 valence electrons. The molecule has 0 heterocycles. The molecule has 1 rings (SSSR count). The van der Waals surface area contributed by atoms with Crippen LogP contribution in [0.1, 0.15) is 28.4 Å². The van der Waals surface area contributed by atoms with Crippen molar-refractivity contribution in [3.05, 3.63) is 33.3 Å². The predicted octanol–water partition coefficient (Wildman–Crippen LogP) is 3.52. The first kappa shape index (κ1) is 14.5. The first-order chi connectivity index (χ1) is 8.31. The number of esters is 1. The van der Waals surface area contributed by atoms with E-state index in [-0.39, 0.29) is 16.6 Å². The highest BCUT2D eigenvalue weighted by Gasteiger charge is 2.35. The zero-order valence-electron chi connectivity index (χ0n) is 9.14. The fraction of sp³-hybridized carbons (Fsp3) is 0.273. The highest BCUT2D eigenvalue weighted by Crippen LogP contribution is 2.35. The number of halogens is 4. The van der Waals surface area contributed by atoms with Gasteiger partial charge in [0.1, 0.15) is 0 Å². The van der Waals surface area contributed by atoms with E-state index in [1.54, 1.807) is 6.92 Å². The van der Waals surface area contributed by atoms with E-state index in [9.17, 15) is 18.0 Å². The van der Waals surface area contributed by atoms with Crippen molar-refractivity contribution in [2.24, 2.45) is 0 Å². The van der Waals surface area contributed by atoms with Gasteiger partial charge in [0.05, 0.1) is 29.4 Å². The Balaban J connectivity index is 3.37. The summed E-state index contributed by atoms with van der Waals surface area (Å²) in [5.41, 5.74) is -1.82. The van der Waals surface area contributed by atoms with Crippen LogP contribution < -0.4 is 0 Å². The molecule has 1 aromatic carbocycles. The zero-order valence-corrected chi connectivity index (χ0v) is 10.7. The lowest BCUT2D eigenvalue weighted by molar-refractivity contribution is -0.137. The van der Waals surface area contributed by atoms with Gasteiger partial charge in [-0.25, -0.2) is 4.79 Å². The number of alkyl halides is 3. The van der Waals surface area contributed by atoms with Gasteiger partial charge in [-0.15, -0.1) is 0 Å². The van der Waals surface area contributed by atoms with Gasteiger partial charge >= 0.3 is 12.1 Å². The molecule has 0 N–H and O–H groups in total. The van der Waals surface area contributed by atoms with Crippen molar-refractivity contribution in [2.75, 3.05) is 6.61 Å². The third kappa shape index (κ3) is 3.01. The monoisotopic (exact) mass is 321 g/mol. The summed E-state index contributed by atoms with van der Waals surface area (Å²) in [5, 5.41) is 8.69. The minimum atomic E-state index is -4.65. The van der Waals surface area contributed by atoms with Gasteiger partial charge in [0, 0.05) is 4.47 Å². The molecular weight excluding hydrogens is 315 g/mol. The second-order valence-electron chi connectivity index (χ2n) is 3.21. The molecule has 0 radical (unpaired) electrons. The minimum absolute atomic E-state index is 0.0627. The molecule has 0 saturated carbocycles. The molecule has 0 fully saturated rings. The van der Waals surface area contributed by atoms with Crippen molar-refractivity contribution >= 4 is 21.9 Å². The van der Waals surface area contributed by atoms with Crippen LogP contribution in [0.25, 0.3) is 0 Å². The summed E-state index contributed by atoms with van der Waals surface area (Å²) in [4.78, 5) is 11.5. The fourth-order valence-electron chi connectivity index (χ4n) is 1.27. The lowest BCUT2D eigenvalue weighted by Crippen LogP contribution is -2.12. The van der Waals surface area contributed by atoms with Gasteiger partial charge in [-0.3, -0.25) is 0 Å². The lowest BCUT2D eigenvalue weighted by Gasteiger charge is -2.11. The van der Waals surface area contributed by atoms with E-state index in [2.05, 4.69) is 20.7 Å². The average molecular weight is 322 g/mol. The molecule has 0 aliphatic carbocycles. The Hall–Kier alpha value is -1.55. The Morgan fingerprint density at radius 3 is 2.56 bits per heavy atom. The predicted molar refractivity (Wildman–Crippen MR) is 59.8 cm³/mol. The molecule has 0 unspecified atom stereocenters. The normalized spacial score (nSPS) is 10.9. The van der Waals surface area contributed by atoms with Crippen molar-refractivity contribution in [1.29, 1.82) is 5.26 Å². The van der Waals surface area contributed by atoms with Gasteiger partial charge in [-0.05, 0) is 35.0 Å². The molecule has 0 aromatic heterocycles. The van der Waals surface area contributed by atoms with E-state index in [1.165, 1.54) is 6.07 Å². The van der Waals surface area contributed by atoms with Gasteiger partial charge in [-0.2, -0.15) is 18.4 Å². The SMILES string of the molecule is CCOC(=O)c1cc(C#N)c(C(F)(F)F)cc1Br. The number of hydrogen-bond acceptors (Lipinski definition) is 3. The minimum Gasteiger partial charge on any atom is -0.462 e. The summed E-state index contributed by atoms with van der Waals surface area (Å²) < 4.78 is 42.4. The van der Waals surface area contributed by atoms with E-state index < -0.39 is 23.3 Å². The molecule has 0 aliphatic rings. The van der Waals surface area contributed by atoms with E-state index >= 15 is 0 Å². The number of rotatable bonds is 2. The maximum Gasteiger partial charge on any atom is 0.417 e. The maximum atomic E-state index is 12.6. The Morgan fingerprint density at radius 2 is 2.11 bits per heavy atom. The summed E-state index contributed by atoms with van der Waals surface area (Å²) in [6.07, 6.45) is -4.65. The van der Waals surface area contributed by atoms with Crippen LogP contribution in [0, 0.1) is 11.3 Å². The number of hydrogen-bond donors (Lipinski definition) is 0. The number of carbonyl (C=O) groups excluding carboxylic acids is 1. The summed E-state index contributed by atoms with van der Waals surface area (Å²) in [5.74, 6) is -0.783. The van der Waals surface area contributed by atoms with Crippen LogP contribution in [0.5, 0.6) is 0 Å². The molecule has 18 heavy (non-hydrogen) atoms. The second-order valence-corrected chi connectivity index (χ2v) is 4.06. The molecule has 7 heteroatoms. The van der Waals surface area contributed by atoms with Crippen LogP contribution in [0.4, 0.5) is 13.2 Å². The zero-order chi connectivity index (χ0) is 13.9. The highest BCUT2D eigenvalue weighted by atomic mass is 79.9. The first-order valence-corrected chi connectivity index (χ1v) is 5.58. The number of nitriles is 1. The van der Waals surface area contributed by atoms with Crippen LogP contribution in [-0.2, 0) is 10.9 Å². The van der Waals surface area contributed by atoms with Crippen LogP contribution >= 0.6 is 15.9 Å². The second kappa shape index (κ2) is 5.40. The number of benzene rings is 1. The van der Waals surface area contributed by atoms with Crippen LogP contribution in [-0.4, -0.2) is 12.6 Å². The van der Waals surface area contributed by atoms with Gasteiger partial charge in [-0.1, -0.05) is 0 Å². The topological polar surface area (TPSA) is 50.1 Å². The van der Waals surface area contributed by atoms with E-state index in [1.807, 2.05) is 0 Å². The van der Waals surface area contributed by atoms with Crippen molar-refractivity contribution in [3.63, 3.8) is 0 Å². The van der Waals surface area contributed by atoms with E-state index in [4.69, 9.17) is 5.26 Å². The third-order valence-electron chi connectivity index (χ3n) is 2.03. The van der Waals surface area contributed by atoms with Gasteiger partial charge < -0.3 is 4.74 Å². The van der Waals surface area contributed by atoms with Gasteiger partial charge in [0.2, 0.25) is 0 Å². The Labute approximate surface area is 109 Å². The lowest BCUT2D eigenvalue weighted by atomic mass is 10.0. The van der Waals surface area contributed by atoms with Crippen molar-refractivity contribution < 1.29 is 22.7 Å². The Morgan fingerprint density at radius 1 is 1.50 bits per heavy atom. The number of ether oxygens (including phenoxy) is 1. The van der Waals surface area contributed by atoms with Crippen molar-refractivity contribution in [2.45, 2.75) is 13.1 Å². The van der Waals surface area contributed by atoms with Crippen LogP contribution in [0.15, 0.2) is 16.6 Å². The van der Waals surface area contributed by atoms with Crippen LogP contribution in [0.2, 0.25) is 0 Å². The van der Waals surface area contributed by atoms with E-state index in [0.29, 0.717) is 6.07 Å². The molecule has 0 atom stereocenters. The van der Waals surface area contributed by atoms with Gasteiger partial charge in [0.15, 0.2) is 0 Å². The third-order valence-corrected chi connectivity index (χ3v) is 2.68. The molecule has 0 spiro atoms. The molecular formula is C11H7BrF3NO2. The van der Waals surface area contributed by atoms with Gasteiger partial charge in [0.25, 0.3) is 0 Å². The summed E-state index contributed by atoms with van der Waals surface area (Å²) >= 11 is 2.86. The smallest absolute Gasteiger partial charge is 0.417 e. The molecule has 1 aromatic rings. The van der Waals surface area contributed by atoms with E-state index in [0.717, 1.165) is 6.07 Å². The average Bonchev–Trinajstić information content (AvgIpc) is 2.27. The summed E-state index contributed by atoms with van der Waals surface area (Å²) in [7, 11) is 0. The molecule has 0 aliphatic heterocycles. The Bertz CT molecular complexity index is 520. The first-order valence-electron chi connectivity index (χ1n) is 4.79. The molecule has 0 amide bonds. The summed E-state index contributed by atoms with van der Waals surface area (Å²) in [6, 6.07) is 2.98. The van der Waals surface area contributed by atoms with Crippen molar-refractivity contribution in [3.8, 4) is 6.07 Å². The summed E-state index contributed by atoms with van der Waals surface area (Å²) in [6.45, 7) is 1.66. The fourth-order valence-corrected chi connectivity index (χ4v) is 1.77. The standard InChI is InChI=1S/C11H7BrF3NO2/c1-2-18-10(17)7-3-6(5-16)8(4-9(7)12)11(13,14)15/h3-4H,2H2,1H3. The maximum absolute atomic E-state index is 12.6. The quantitative estimate of drug-likeness (QED) is 0.783. The highest BCUT2D eigenvalue weighted by molar-refractivity contribution is 9.10. The molecule has 0 saturated heterocycles. The van der Waals surface area contributed by atoms with Crippen LogP contribution in [0.3, 0.4) is 0 Å². The molecule has 0 bridgehead atoms. The number of nitrogens with zero attached hydrogens (tertiary/aromatic N) is 1. The largest absolute Gasteiger partial charge is 0.462 e.